The molecule has 0 aliphatic heterocycles. The zero-order valence-electron chi connectivity index (χ0n) is 12.2. The van der Waals surface area contributed by atoms with Crippen molar-refractivity contribution in [1.29, 1.82) is 0 Å². The van der Waals surface area contributed by atoms with Crippen LogP contribution in [-0.4, -0.2) is 36.1 Å². The number of hydrogen-bond acceptors (Lipinski definition) is 3. The first kappa shape index (κ1) is 13.4. The highest BCUT2D eigenvalue weighted by atomic mass is 16.5. The van der Waals surface area contributed by atoms with E-state index in [9.17, 15) is 0 Å². The number of nitrogens with zero attached hydrogens (tertiary/aromatic N) is 2. The number of aromatic nitrogens is 1. The topological polar surface area (TPSA) is 25.4 Å². The van der Waals surface area contributed by atoms with Gasteiger partial charge in [0.25, 0.3) is 0 Å². The van der Waals surface area contributed by atoms with Gasteiger partial charge >= 0.3 is 0 Å². The third kappa shape index (κ3) is 2.93. The van der Waals surface area contributed by atoms with Crippen LogP contribution in [0.15, 0.2) is 36.7 Å². The summed E-state index contributed by atoms with van der Waals surface area (Å²) in [6, 6.07) is 9.02. The summed E-state index contributed by atoms with van der Waals surface area (Å²) in [5.41, 5.74) is 0. The van der Waals surface area contributed by atoms with Crippen molar-refractivity contribution in [2.45, 2.75) is 37.8 Å². The lowest BCUT2D eigenvalue weighted by molar-refractivity contribution is 0.111. The molecule has 1 heterocycles. The molecule has 0 radical (unpaired) electrons. The quantitative estimate of drug-likeness (QED) is 0.853. The number of pyridine rings is 1. The van der Waals surface area contributed by atoms with Gasteiger partial charge in [0.05, 0.1) is 6.10 Å². The zero-order chi connectivity index (χ0) is 13.9. The second-order valence-corrected chi connectivity index (χ2v) is 5.90. The van der Waals surface area contributed by atoms with Crippen molar-refractivity contribution in [3.05, 3.63) is 36.7 Å². The average molecular weight is 270 g/mol. The van der Waals surface area contributed by atoms with Gasteiger partial charge in [0.15, 0.2) is 0 Å². The summed E-state index contributed by atoms with van der Waals surface area (Å²) in [5.74, 6) is 0.983. The molecular formula is C17H22N2O. The van der Waals surface area contributed by atoms with Gasteiger partial charge in [0.1, 0.15) is 5.75 Å². The molecule has 2 aromatic rings. The lowest BCUT2D eigenvalue weighted by Crippen LogP contribution is -2.35. The Hall–Kier alpha value is -1.61. The zero-order valence-corrected chi connectivity index (χ0v) is 12.2. The van der Waals surface area contributed by atoms with Crippen LogP contribution in [0.3, 0.4) is 0 Å². The van der Waals surface area contributed by atoms with E-state index >= 15 is 0 Å². The molecule has 1 aliphatic rings. The van der Waals surface area contributed by atoms with Gasteiger partial charge in [-0.15, -0.1) is 0 Å². The molecule has 1 fully saturated rings. The Morgan fingerprint density at radius 3 is 2.60 bits per heavy atom. The normalized spacial score (nSPS) is 23.1. The summed E-state index contributed by atoms with van der Waals surface area (Å²) in [7, 11) is 4.34. The maximum atomic E-state index is 6.15. The van der Waals surface area contributed by atoms with Gasteiger partial charge in [-0.25, -0.2) is 0 Å². The molecular weight excluding hydrogens is 248 g/mol. The smallest absolute Gasteiger partial charge is 0.120 e. The second-order valence-electron chi connectivity index (χ2n) is 5.90. The number of rotatable bonds is 3. The Balaban J connectivity index is 1.65. The molecule has 1 aromatic heterocycles. The van der Waals surface area contributed by atoms with E-state index in [0.29, 0.717) is 6.10 Å². The van der Waals surface area contributed by atoms with Gasteiger partial charge < -0.3 is 9.64 Å². The molecule has 3 nitrogen and oxygen atoms in total. The lowest BCUT2D eigenvalue weighted by atomic mass is 9.92. The van der Waals surface area contributed by atoms with Crippen molar-refractivity contribution in [2.75, 3.05) is 14.1 Å². The molecule has 106 valence electrons. The third-order valence-electron chi connectivity index (χ3n) is 4.29. The first-order valence-electron chi connectivity index (χ1n) is 7.39. The highest BCUT2D eigenvalue weighted by Gasteiger charge is 2.23. The van der Waals surface area contributed by atoms with Crippen LogP contribution < -0.4 is 4.74 Å². The van der Waals surface area contributed by atoms with E-state index in [1.165, 1.54) is 18.2 Å². The molecule has 0 saturated heterocycles. The Labute approximate surface area is 120 Å². The molecule has 3 heteroatoms. The summed E-state index contributed by atoms with van der Waals surface area (Å²) in [4.78, 5) is 6.47. The van der Waals surface area contributed by atoms with Crippen molar-refractivity contribution < 1.29 is 4.74 Å². The first-order chi connectivity index (χ1) is 9.72. The standard InChI is InChI=1S/C17H22N2O/c1-19(2)15-4-7-16(8-5-15)20-17-6-3-14-12-18-10-9-13(14)11-17/h3,6,9-12,15-16H,4-5,7-8H2,1-2H3. The van der Waals surface area contributed by atoms with Crippen molar-refractivity contribution in [3.8, 4) is 5.75 Å². The predicted molar refractivity (Wildman–Crippen MR) is 82.1 cm³/mol. The fourth-order valence-electron chi connectivity index (χ4n) is 3.01. The van der Waals surface area contributed by atoms with Gasteiger partial charge in [-0.2, -0.15) is 0 Å². The van der Waals surface area contributed by atoms with E-state index < -0.39 is 0 Å². The van der Waals surface area contributed by atoms with Crippen LogP contribution >= 0.6 is 0 Å². The average Bonchev–Trinajstić information content (AvgIpc) is 2.48. The van der Waals surface area contributed by atoms with Crippen LogP contribution in [0.2, 0.25) is 0 Å². The van der Waals surface area contributed by atoms with Crippen molar-refractivity contribution in [2.24, 2.45) is 0 Å². The van der Waals surface area contributed by atoms with Crippen molar-refractivity contribution in [3.63, 3.8) is 0 Å². The summed E-state index contributed by atoms with van der Waals surface area (Å²) < 4.78 is 6.15. The lowest BCUT2D eigenvalue weighted by Gasteiger charge is -2.32. The Kier molecular flexibility index (Phi) is 3.88. The van der Waals surface area contributed by atoms with Crippen molar-refractivity contribution >= 4 is 10.8 Å². The minimum Gasteiger partial charge on any atom is -0.490 e. The molecule has 0 spiro atoms. The Morgan fingerprint density at radius 1 is 1.05 bits per heavy atom. The Bertz CT molecular complexity index is 574. The van der Waals surface area contributed by atoms with Crippen LogP contribution in [0.25, 0.3) is 10.8 Å². The Morgan fingerprint density at radius 2 is 1.85 bits per heavy atom. The monoisotopic (exact) mass is 270 g/mol. The van der Waals surface area contributed by atoms with Crippen molar-refractivity contribution in [1.82, 2.24) is 9.88 Å². The molecule has 3 rings (SSSR count). The van der Waals surface area contributed by atoms with E-state index in [4.69, 9.17) is 4.74 Å². The molecule has 0 amide bonds. The van der Waals surface area contributed by atoms with E-state index in [0.717, 1.165) is 30.0 Å². The summed E-state index contributed by atoms with van der Waals surface area (Å²) >= 11 is 0. The molecule has 0 atom stereocenters. The third-order valence-corrected chi connectivity index (χ3v) is 4.29. The fraction of sp³-hybridized carbons (Fsp3) is 0.471. The number of ether oxygens (including phenoxy) is 1. The number of benzene rings is 1. The second kappa shape index (κ2) is 5.80. The molecule has 1 aliphatic carbocycles. The molecule has 1 aromatic carbocycles. The van der Waals surface area contributed by atoms with Crippen LogP contribution in [0.5, 0.6) is 5.75 Å². The molecule has 20 heavy (non-hydrogen) atoms. The summed E-state index contributed by atoms with van der Waals surface area (Å²) in [5, 5.41) is 2.36. The molecule has 0 bridgehead atoms. The summed E-state index contributed by atoms with van der Waals surface area (Å²) in [6.45, 7) is 0. The molecule has 1 saturated carbocycles. The minimum atomic E-state index is 0.366. The number of hydrogen-bond donors (Lipinski definition) is 0. The van der Waals surface area contributed by atoms with Gasteiger partial charge in [-0.1, -0.05) is 0 Å². The van der Waals surface area contributed by atoms with E-state index in [2.05, 4.69) is 42.2 Å². The van der Waals surface area contributed by atoms with Crippen LogP contribution in [0.1, 0.15) is 25.7 Å². The number of fused-ring (bicyclic) bond motifs is 1. The van der Waals surface area contributed by atoms with Gasteiger partial charge in [0, 0.05) is 23.8 Å². The maximum Gasteiger partial charge on any atom is 0.120 e. The van der Waals surface area contributed by atoms with E-state index in [1.54, 1.807) is 0 Å². The van der Waals surface area contributed by atoms with Crippen LogP contribution in [0, 0.1) is 0 Å². The minimum absolute atomic E-state index is 0.366. The fourth-order valence-corrected chi connectivity index (χ4v) is 3.01. The first-order valence-corrected chi connectivity index (χ1v) is 7.39. The van der Waals surface area contributed by atoms with E-state index in [-0.39, 0.29) is 0 Å². The SMILES string of the molecule is CN(C)C1CCC(Oc2ccc3cnccc3c2)CC1. The molecule has 0 unspecified atom stereocenters. The maximum absolute atomic E-state index is 6.15. The van der Waals surface area contributed by atoms with Gasteiger partial charge in [0.2, 0.25) is 0 Å². The largest absolute Gasteiger partial charge is 0.490 e. The van der Waals surface area contributed by atoms with Crippen LogP contribution in [-0.2, 0) is 0 Å². The van der Waals surface area contributed by atoms with E-state index in [1.807, 2.05) is 18.5 Å². The van der Waals surface area contributed by atoms with Gasteiger partial charge in [-0.05, 0) is 69.4 Å². The summed E-state index contributed by atoms with van der Waals surface area (Å²) in [6.07, 6.45) is 8.85. The van der Waals surface area contributed by atoms with Crippen LogP contribution in [0.4, 0.5) is 0 Å². The predicted octanol–water partition coefficient (Wildman–Crippen LogP) is 3.49. The molecule has 0 N–H and O–H groups in total. The highest BCUT2D eigenvalue weighted by molar-refractivity contribution is 5.82. The van der Waals surface area contributed by atoms with Gasteiger partial charge in [-0.3, -0.25) is 4.98 Å². The highest BCUT2D eigenvalue weighted by Crippen LogP contribution is 2.27.